The third-order valence-corrected chi connectivity index (χ3v) is 8.83. The van der Waals surface area contributed by atoms with E-state index in [1.54, 1.807) is 0 Å². The van der Waals surface area contributed by atoms with Gasteiger partial charge in [-0.05, 0) is 36.1 Å². The lowest BCUT2D eigenvalue weighted by molar-refractivity contribution is 0.309. The van der Waals surface area contributed by atoms with Crippen LogP contribution in [0.4, 0.5) is 0 Å². The third-order valence-electron chi connectivity index (χ3n) is 6.02. The predicted octanol–water partition coefficient (Wildman–Crippen LogP) is 6.29. The van der Waals surface area contributed by atoms with Gasteiger partial charge < -0.3 is 4.74 Å². The zero-order valence-corrected chi connectivity index (χ0v) is 19.5. The fourth-order valence-corrected chi connectivity index (χ4v) is 7.27. The van der Waals surface area contributed by atoms with E-state index in [9.17, 15) is 0 Å². The Hall–Kier alpha value is -3.22. The summed E-state index contributed by atoms with van der Waals surface area (Å²) in [5.74, 6) is 0.893. The Labute approximate surface area is 197 Å². The van der Waals surface area contributed by atoms with Gasteiger partial charge in [-0.1, -0.05) is 121 Å². The van der Waals surface area contributed by atoms with Crippen LogP contribution in [0.15, 0.2) is 126 Å². The molecule has 0 aromatic heterocycles. The van der Waals surface area contributed by atoms with E-state index in [0.717, 1.165) is 18.7 Å². The summed E-state index contributed by atoms with van der Waals surface area (Å²) in [6, 6.07) is 43.5. The number of benzene rings is 4. The normalized spacial score (nSPS) is 16.3. The summed E-state index contributed by atoms with van der Waals surface area (Å²) in [5, 5.41) is 2.76. The highest BCUT2D eigenvalue weighted by molar-refractivity contribution is 7.73. The van der Waals surface area contributed by atoms with Crippen molar-refractivity contribution >= 4 is 24.4 Å². The Morgan fingerprint density at radius 1 is 0.697 bits per heavy atom. The molecule has 0 saturated heterocycles. The molecule has 1 aliphatic heterocycles. The fourth-order valence-electron chi connectivity index (χ4n) is 4.46. The minimum atomic E-state index is -0.630. The fraction of sp³-hybridized carbons (Fsp3) is 0.167. The van der Waals surface area contributed by atoms with Crippen LogP contribution in [-0.2, 0) is 11.2 Å². The van der Waals surface area contributed by atoms with E-state index in [1.807, 2.05) is 0 Å². The van der Waals surface area contributed by atoms with Gasteiger partial charge in [-0.25, -0.2) is 4.99 Å². The number of aliphatic imine (C=N–C) groups is 1. The molecule has 0 saturated carbocycles. The van der Waals surface area contributed by atoms with Gasteiger partial charge in [0.15, 0.2) is 5.90 Å². The maximum Gasteiger partial charge on any atom is 0.184 e. The topological polar surface area (TPSA) is 21.6 Å². The molecule has 0 amide bonds. The standard InChI is InChI=1S/C30H28NOP/c1-5-13-24(14-6-1)21-26-23-32-30(31-26)22-29(25-15-7-2-8-16-25)33(27-17-9-3-10-18-27)28-19-11-4-12-20-28/h1-20,26,29H,21-23H2/t26-,29+/m0/s1. The molecular weight excluding hydrogens is 421 g/mol. The first-order valence-corrected chi connectivity index (χ1v) is 13.0. The summed E-state index contributed by atoms with van der Waals surface area (Å²) in [6.45, 7) is 0.667. The zero-order chi connectivity index (χ0) is 22.3. The number of hydrogen-bond acceptors (Lipinski definition) is 2. The maximum atomic E-state index is 6.17. The van der Waals surface area contributed by atoms with Crippen LogP contribution >= 0.6 is 7.92 Å². The Morgan fingerprint density at radius 2 is 1.21 bits per heavy atom. The summed E-state index contributed by atoms with van der Waals surface area (Å²) < 4.78 is 6.17. The van der Waals surface area contributed by atoms with Gasteiger partial charge in [-0.2, -0.15) is 0 Å². The van der Waals surface area contributed by atoms with Gasteiger partial charge in [0.05, 0.1) is 6.04 Å². The van der Waals surface area contributed by atoms with Crippen LogP contribution in [0.3, 0.4) is 0 Å². The minimum absolute atomic E-state index is 0.193. The smallest absolute Gasteiger partial charge is 0.184 e. The van der Waals surface area contributed by atoms with Crippen molar-refractivity contribution < 1.29 is 4.74 Å². The quantitative estimate of drug-likeness (QED) is 0.290. The van der Waals surface area contributed by atoms with Crippen molar-refractivity contribution in [3.63, 3.8) is 0 Å². The summed E-state index contributed by atoms with van der Waals surface area (Å²) >= 11 is 0. The molecule has 5 rings (SSSR count). The minimum Gasteiger partial charge on any atom is -0.479 e. The van der Waals surface area contributed by atoms with E-state index < -0.39 is 7.92 Å². The van der Waals surface area contributed by atoms with Gasteiger partial charge >= 0.3 is 0 Å². The molecule has 0 radical (unpaired) electrons. The van der Waals surface area contributed by atoms with E-state index in [0.29, 0.717) is 12.3 Å². The van der Waals surface area contributed by atoms with Gasteiger partial charge in [0.2, 0.25) is 0 Å². The molecule has 0 N–H and O–H groups in total. The van der Waals surface area contributed by atoms with Crippen molar-refractivity contribution in [1.82, 2.24) is 0 Å². The highest BCUT2D eigenvalue weighted by atomic mass is 31.1. The van der Waals surface area contributed by atoms with Gasteiger partial charge in [0, 0.05) is 12.1 Å². The molecule has 1 heterocycles. The molecule has 2 nitrogen and oxygen atoms in total. The van der Waals surface area contributed by atoms with Crippen LogP contribution in [0.2, 0.25) is 0 Å². The van der Waals surface area contributed by atoms with Crippen molar-refractivity contribution in [2.24, 2.45) is 4.99 Å². The zero-order valence-electron chi connectivity index (χ0n) is 18.6. The van der Waals surface area contributed by atoms with Gasteiger partial charge in [-0.15, -0.1) is 0 Å². The summed E-state index contributed by atoms with van der Waals surface area (Å²) in [6.07, 6.45) is 1.73. The molecule has 1 aliphatic rings. The van der Waals surface area contributed by atoms with Crippen LogP contribution in [-0.4, -0.2) is 18.5 Å². The summed E-state index contributed by atoms with van der Waals surface area (Å²) in [5.41, 5.74) is 2.95. The number of nitrogens with zero attached hydrogens (tertiary/aromatic N) is 1. The van der Waals surface area contributed by atoms with E-state index in [1.165, 1.54) is 21.7 Å². The number of ether oxygens (including phenoxy) is 1. The predicted molar refractivity (Wildman–Crippen MR) is 140 cm³/mol. The SMILES string of the molecule is c1ccc(C[C@H]2COC(C[C@H](c3ccccc3)P(c3ccccc3)c3ccccc3)=N2)cc1. The summed E-state index contributed by atoms with van der Waals surface area (Å²) in [7, 11) is -0.630. The largest absolute Gasteiger partial charge is 0.479 e. The lowest BCUT2D eigenvalue weighted by Gasteiger charge is -2.29. The highest BCUT2D eigenvalue weighted by Crippen LogP contribution is 2.51. The second kappa shape index (κ2) is 10.6. The van der Waals surface area contributed by atoms with Crippen molar-refractivity contribution in [2.75, 3.05) is 6.61 Å². The Morgan fingerprint density at radius 3 is 1.79 bits per heavy atom. The van der Waals surface area contributed by atoms with Gasteiger partial charge in [-0.3, -0.25) is 0 Å². The van der Waals surface area contributed by atoms with Crippen LogP contribution in [0.1, 0.15) is 23.2 Å². The second-order valence-corrected chi connectivity index (χ2v) is 10.7. The lowest BCUT2D eigenvalue weighted by atomic mass is 10.1. The molecule has 0 aliphatic carbocycles. The number of rotatable bonds is 8. The lowest BCUT2D eigenvalue weighted by Crippen LogP contribution is -2.19. The average Bonchev–Trinajstić information content (AvgIpc) is 3.33. The monoisotopic (exact) mass is 449 g/mol. The van der Waals surface area contributed by atoms with Crippen LogP contribution in [0.25, 0.3) is 0 Å². The molecule has 2 atom stereocenters. The van der Waals surface area contributed by atoms with Gasteiger partial charge in [0.25, 0.3) is 0 Å². The van der Waals surface area contributed by atoms with Crippen LogP contribution in [0, 0.1) is 0 Å². The molecule has 4 aromatic carbocycles. The molecule has 3 heteroatoms. The van der Waals surface area contributed by atoms with Gasteiger partial charge in [0.1, 0.15) is 6.61 Å². The molecule has 33 heavy (non-hydrogen) atoms. The van der Waals surface area contributed by atoms with E-state index in [-0.39, 0.29) is 6.04 Å². The average molecular weight is 450 g/mol. The molecule has 0 bridgehead atoms. The Balaban J connectivity index is 1.47. The second-order valence-electron chi connectivity index (χ2n) is 8.35. The van der Waals surface area contributed by atoms with E-state index in [2.05, 4.69) is 121 Å². The first kappa shape index (κ1) is 21.6. The molecule has 4 aromatic rings. The van der Waals surface area contributed by atoms with E-state index >= 15 is 0 Å². The number of hydrogen-bond donors (Lipinski definition) is 0. The Kier molecular flexibility index (Phi) is 6.94. The van der Waals surface area contributed by atoms with Crippen molar-refractivity contribution in [3.05, 3.63) is 132 Å². The Bertz CT molecular complexity index is 1120. The molecular formula is C30H28NOP. The van der Waals surface area contributed by atoms with Crippen LogP contribution < -0.4 is 10.6 Å². The third kappa shape index (κ3) is 5.41. The van der Waals surface area contributed by atoms with E-state index in [4.69, 9.17) is 9.73 Å². The highest BCUT2D eigenvalue weighted by Gasteiger charge is 2.30. The van der Waals surface area contributed by atoms with Crippen molar-refractivity contribution in [1.29, 1.82) is 0 Å². The maximum absolute atomic E-state index is 6.17. The van der Waals surface area contributed by atoms with Crippen molar-refractivity contribution in [2.45, 2.75) is 24.5 Å². The molecule has 164 valence electrons. The first-order valence-electron chi connectivity index (χ1n) is 11.5. The molecule has 0 fully saturated rings. The molecule has 0 spiro atoms. The molecule has 0 unspecified atom stereocenters. The first-order chi connectivity index (χ1) is 16.4. The summed E-state index contributed by atoms with van der Waals surface area (Å²) in [4.78, 5) is 5.02. The van der Waals surface area contributed by atoms with Crippen molar-refractivity contribution in [3.8, 4) is 0 Å². The van der Waals surface area contributed by atoms with Crippen LogP contribution in [0.5, 0.6) is 0 Å².